The van der Waals surface area contributed by atoms with Crippen LogP contribution in [0.2, 0.25) is 10.0 Å². The van der Waals surface area contributed by atoms with Gasteiger partial charge in [-0.25, -0.2) is 0 Å². The number of aryl methyl sites for hydroxylation is 1. The molecule has 0 saturated heterocycles. The molecule has 0 amide bonds. The molecule has 1 aromatic heterocycles. The summed E-state index contributed by atoms with van der Waals surface area (Å²) < 4.78 is 0. The van der Waals surface area contributed by atoms with Crippen molar-refractivity contribution in [3.8, 4) is 0 Å². The van der Waals surface area contributed by atoms with Gasteiger partial charge in [0.1, 0.15) is 0 Å². The minimum absolute atomic E-state index is 0.696. The van der Waals surface area contributed by atoms with Crippen LogP contribution in [-0.2, 0) is 13.1 Å². The molecule has 2 aromatic rings. The molecular weight excluding hydrogens is 267 g/mol. The van der Waals surface area contributed by atoms with Gasteiger partial charge in [0.25, 0.3) is 0 Å². The first kappa shape index (κ1) is 13.3. The van der Waals surface area contributed by atoms with Gasteiger partial charge in [0.05, 0.1) is 0 Å². The third kappa shape index (κ3) is 3.45. The first-order chi connectivity index (χ1) is 8.66. The molecule has 0 aliphatic heterocycles. The summed E-state index contributed by atoms with van der Waals surface area (Å²) in [5, 5.41) is 4.80. The zero-order valence-electron chi connectivity index (χ0n) is 10.1. The summed E-state index contributed by atoms with van der Waals surface area (Å²) in [5.74, 6) is 0. The fourth-order valence-electron chi connectivity index (χ4n) is 1.71. The van der Waals surface area contributed by atoms with Gasteiger partial charge in [0.15, 0.2) is 0 Å². The molecule has 4 heteroatoms. The number of pyridine rings is 1. The summed E-state index contributed by atoms with van der Waals surface area (Å²) in [6.45, 7) is 3.54. The van der Waals surface area contributed by atoms with Crippen LogP contribution in [0.4, 0.5) is 0 Å². The number of nitrogens with one attached hydrogen (secondary N) is 1. The molecule has 0 saturated carbocycles. The van der Waals surface area contributed by atoms with E-state index >= 15 is 0 Å². The Labute approximate surface area is 117 Å². The first-order valence-electron chi connectivity index (χ1n) is 5.71. The van der Waals surface area contributed by atoms with Gasteiger partial charge < -0.3 is 5.32 Å². The lowest BCUT2D eigenvalue weighted by Crippen LogP contribution is -2.13. The van der Waals surface area contributed by atoms with Crippen LogP contribution in [-0.4, -0.2) is 4.98 Å². The van der Waals surface area contributed by atoms with E-state index in [0.717, 1.165) is 17.1 Å². The molecular formula is C14H14Cl2N2. The molecule has 0 atom stereocenters. The number of hydrogen-bond donors (Lipinski definition) is 1. The van der Waals surface area contributed by atoms with Gasteiger partial charge in [-0.2, -0.15) is 0 Å². The SMILES string of the molecule is Cc1cnccc1CNCc1cc(Cl)ccc1Cl. The molecule has 0 aliphatic carbocycles. The van der Waals surface area contributed by atoms with Gasteiger partial charge in [0, 0.05) is 35.5 Å². The quantitative estimate of drug-likeness (QED) is 0.916. The smallest absolute Gasteiger partial charge is 0.0451 e. The zero-order chi connectivity index (χ0) is 13.0. The second-order valence-corrected chi connectivity index (χ2v) is 4.99. The average Bonchev–Trinajstić information content (AvgIpc) is 2.36. The van der Waals surface area contributed by atoms with Gasteiger partial charge in [-0.1, -0.05) is 23.2 Å². The third-order valence-electron chi connectivity index (χ3n) is 2.78. The Balaban J connectivity index is 1.96. The Morgan fingerprint density at radius 2 is 1.89 bits per heavy atom. The molecule has 18 heavy (non-hydrogen) atoms. The minimum atomic E-state index is 0.696. The Kier molecular flexibility index (Phi) is 4.59. The van der Waals surface area contributed by atoms with Crippen LogP contribution < -0.4 is 5.32 Å². The predicted octanol–water partition coefficient (Wildman–Crippen LogP) is 3.99. The summed E-state index contributed by atoms with van der Waals surface area (Å²) in [6.07, 6.45) is 3.67. The van der Waals surface area contributed by atoms with Crippen molar-refractivity contribution in [1.29, 1.82) is 0 Å². The molecule has 2 nitrogen and oxygen atoms in total. The molecule has 94 valence electrons. The van der Waals surface area contributed by atoms with Crippen molar-refractivity contribution in [3.63, 3.8) is 0 Å². The lowest BCUT2D eigenvalue weighted by atomic mass is 10.1. The summed E-state index contributed by atoms with van der Waals surface area (Å²) >= 11 is 12.0. The highest BCUT2D eigenvalue weighted by Gasteiger charge is 2.02. The van der Waals surface area contributed by atoms with Crippen LogP contribution in [0.25, 0.3) is 0 Å². The van der Waals surface area contributed by atoms with Crippen LogP contribution >= 0.6 is 23.2 Å². The molecule has 2 rings (SSSR count). The molecule has 1 N–H and O–H groups in total. The Bertz CT molecular complexity index is 541. The van der Waals surface area contributed by atoms with Crippen LogP contribution in [0.1, 0.15) is 16.7 Å². The number of benzene rings is 1. The number of halogens is 2. The summed E-state index contributed by atoms with van der Waals surface area (Å²) in [7, 11) is 0. The molecule has 1 aromatic carbocycles. The molecule has 0 aliphatic rings. The molecule has 0 radical (unpaired) electrons. The van der Waals surface area contributed by atoms with Crippen LogP contribution in [0.3, 0.4) is 0 Å². The fraction of sp³-hybridized carbons (Fsp3) is 0.214. The van der Waals surface area contributed by atoms with E-state index in [4.69, 9.17) is 23.2 Å². The Hall–Kier alpha value is -1.09. The molecule has 0 spiro atoms. The van der Waals surface area contributed by atoms with Gasteiger partial charge >= 0.3 is 0 Å². The highest BCUT2D eigenvalue weighted by Crippen LogP contribution is 2.20. The van der Waals surface area contributed by atoms with Crippen molar-refractivity contribution in [1.82, 2.24) is 10.3 Å². The maximum absolute atomic E-state index is 6.10. The van der Waals surface area contributed by atoms with E-state index in [1.807, 2.05) is 24.4 Å². The monoisotopic (exact) mass is 280 g/mol. The molecule has 0 fully saturated rings. The Morgan fingerprint density at radius 3 is 2.67 bits per heavy atom. The largest absolute Gasteiger partial charge is 0.309 e. The van der Waals surface area contributed by atoms with Gasteiger partial charge in [-0.15, -0.1) is 0 Å². The zero-order valence-corrected chi connectivity index (χ0v) is 11.6. The van der Waals surface area contributed by atoms with Gasteiger partial charge in [-0.3, -0.25) is 4.98 Å². The number of aromatic nitrogens is 1. The van der Waals surface area contributed by atoms with Crippen molar-refractivity contribution in [2.24, 2.45) is 0 Å². The van der Waals surface area contributed by atoms with Crippen molar-refractivity contribution in [3.05, 3.63) is 63.4 Å². The fourth-order valence-corrected chi connectivity index (χ4v) is 2.09. The lowest BCUT2D eigenvalue weighted by molar-refractivity contribution is 0.690. The number of nitrogens with zero attached hydrogens (tertiary/aromatic N) is 1. The lowest BCUT2D eigenvalue weighted by Gasteiger charge is -2.09. The molecule has 0 unspecified atom stereocenters. The van der Waals surface area contributed by atoms with Gasteiger partial charge in [-0.05, 0) is 47.9 Å². The standard InChI is InChI=1S/C14H14Cl2N2/c1-10-7-17-5-4-11(10)8-18-9-12-6-13(15)2-3-14(12)16/h2-7,18H,8-9H2,1H3. The van der Waals surface area contributed by atoms with Crippen LogP contribution in [0, 0.1) is 6.92 Å². The second kappa shape index (κ2) is 6.19. The summed E-state index contributed by atoms with van der Waals surface area (Å²) in [6, 6.07) is 7.51. The normalized spacial score (nSPS) is 10.6. The van der Waals surface area contributed by atoms with Crippen molar-refractivity contribution in [2.75, 3.05) is 0 Å². The topological polar surface area (TPSA) is 24.9 Å². The van der Waals surface area contributed by atoms with E-state index < -0.39 is 0 Å². The second-order valence-electron chi connectivity index (χ2n) is 4.14. The van der Waals surface area contributed by atoms with Crippen molar-refractivity contribution >= 4 is 23.2 Å². The van der Waals surface area contributed by atoms with E-state index in [-0.39, 0.29) is 0 Å². The maximum Gasteiger partial charge on any atom is 0.0451 e. The average molecular weight is 281 g/mol. The summed E-state index contributed by atoms with van der Waals surface area (Å²) in [5.41, 5.74) is 3.43. The third-order valence-corrected chi connectivity index (χ3v) is 3.38. The van der Waals surface area contributed by atoms with E-state index in [1.54, 1.807) is 12.3 Å². The van der Waals surface area contributed by atoms with E-state index in [9.17, 15) is 0 Å². The Morgan fingerprint density at radius 1 is 1.11 bits per heavy atom. The van der Waals surface area contributed by atoms with Crippen LogP contribution in [0.5, 0.6) is 0 Å². The summed E-state index contributed by atoms with van der Waals surface area (Å²) in [4.78, 5) is 4.07. The van der Waals surface area contributed by atoms with E-state index in [0.29, 0.717) is 11.6 Å². The first-order valence-corrected chi connectivity index (χ1v) is 6.46. The van der Waals surface area contributed by atoms with Crippen LogP contribution in [0.15, 0.2) is 36.7 Å². The predicted molar refractivity (Wildman–Crippen MR) is 76.0 cm³/mol. The number of rotatable bonds is 4. The van der Waals surface area contributed by atoms with E-state index in [2.05, 4.69) is 17.2 Å². The van der Waals surface area contributed by atoms with Crippen molar-refractivity contribution < 1.29 is 0 Å². The highest BCUT2D eigenvalue weighted by molar-refractivity contribution is 6.33. The highest BCUT2D eigenvalue weighted by atomic mass is 35.5. The van der Waals surface area contributed by atoms with Gasteiger partial charge in [0.2, 0.25) is 0 Å². The molecule has 1 heterocycles. The maximum atomic E-state index is 6.10. The van der Waals surface area contributed by atoms with E-state index in [1.165, 1.54) is 11.1 Å². The van der Waals surface area contributed by atoms with Crippen molar-refractivity contribution in [2.45, 2.75) is 20.0 Å². The minimum Gasteiger partial charge on any atom is -0.309 e. The molecule has 0 bridgehead atoms. The number of hydrogen-bond acceptors (Lipinski definition) is 2.